The van der Waals surface area contributed by atoms with Gasteiger partial charge in [-0.1, -0.05) is 24.3 Å². The molecule has 1 aliphatic rings. The van der Waals surface area contributed by atoms with Crippen LogP contribution < -0.4 is 20.3 Å². The Hall–Kier alpha value is -4.07. The van der Waals surface area contributed by atoms with Crippen molar-refractivity contribution in [2.24, 2.45) is 0 Å². The number of benzene rings is 2. The number of aliphatic carboxylic acids is 1. The van der Waals surface area contributed by atoms with Crippen molar-refractivity contribution >= 4 is 33.5 Å². The van der Waals surface area contributed by atoms with Crippen molar-refractivity contribution in [3.63, 3.8) is 0 Å². The number of carbonyl (C=O) groups is 2. The monoisotopic (exact) mass is 540 g/mol. The van der Waals surface area contributed by atoms with Crippen molar-refractivity contribution in [2.45, 2.75) is 29.5 Å². The van der Waals surface area contributed by atoms with Crippen molar-refractivity contribution in [2.75, 3.05) is 29.9 Å². The van der Waals surface area contributed by atoms with Gasteiger partial charge in [-0.25, -0.2) is 18.4 Å². The highest BCUT2D eigenvalue weighted by molar-refractivity contribution is 7.89. The van der Waals surface area contributed by atoms with Crippen LogP contribution in [0.25, 0.3) is 0 Å². The second kappa shape index (κ2) is 12.0. The molecule has 200 valence electrons. The summed E-state index contributed by atoms with van der Waals surface area (Å²) in [6, 6.07) is 14.0. The number of aliphatic hydroxyl groups is 1. The molecule has 0 spiro atoms. The van der Waals surface area contributed by atoms with Gasteiger partial charge in [0.1, 0.15) is 6.04 Å². The van der Waals surface area contributed by atoms with Crippen LogP contribution in [0.3, 0.4) is 0 Å². The maximum Gasteiger partial charge on any atom is 0.323 e. The number of hydrogen-bond acceptors (Lipinski definition) is 9. The molecular formula is C25H28N6O6S. The first-order valence-electron chi connectivity index (χ1n) is 11.9. The van der Waals surface area contributed by atoms with Crippen molar-refractivity contribution in [1.29, 1.82) is 0 Å². The third-order valence-corrected chi connectivity index (χ3v) is 7.54. The van der Waals surface area contributed by atoms with Crippen LogP contribution >= 0.6 is 0 Å². The van der Waals surface area contributed by atoms with E-state index >= 15 is 0 Å². The minimum absolute atomic E-state index is 0.0808. The molecule has 12 nitrogen and oxygen atoms in total. The number of β-amino-alcohol motifs (C(OH)–C–C–N with tert-alkyl or cyclic N) is 1. The zero-order valence-electron chi connectivity index (χ0n) is 20.3. The summed E-state index contributed by atoms with van der Waals surface area (Å²) in [5.41, 5.74) is 0.982. The molecule has 0 aliphatic carbocycles. The first kappa shape index (κ1) is 27.0. The quantitative estimate of drug-likeness (QED) is 0.246. The molecule has 4 rings (SSSR count). The lowest BCUT2D eigenvalue weighted by molar-refractivity contribution is -0.138. The van der Waals surface area contributed by atoms with E-state index in [1.165, 1.54) is 24.3 Å². The normalized spacial score (nSPS) is 18.4. The first-order valence-corrected chi connectivity index (χ1v) is 13.4. The van der Waals surface area contributed by atoms with Gasteiger partial charge < -0.3 is 25.7 Å². The number of nitrogens with one attached hydrogen (secondary N) is 3. The van der Waals surface area contributed by atoms with E-state index in [4.69, 9.17) is 0 Å². The SMILES string of the molecule is O=C(NCC(NS(=O)(=O)c1ccccc1)C(=O)O)c1cccc(N2CCC(Nc3ncccn3)[C@@H](O)C2)c1. The molecule has 0 bridgehead atoms. The van der Waals surface area contributed by atoms with Crippen molar-refractivity contribution in [1.82, 2.24) is 20.0 Å². The van der Waals surface area contributed by atoms with E-state index < -0.39 is 40.6 Å². The van der Waals surface area contributed by atoms with E-state index in [0.29, 0.717) is 31.1 Å². The predicted octanol–water partition coefficient (Wildman–Crippen LogP) is 0.690. The fraction of sp³-hybridized carbons (Fsp3) is 0.280. The van der Waals surface area contributed by atoms with E-state index in [0.717, 1.165) is 0 Å². The molecule has 1 saturated heterocycles. The lowest BCUT2D eigenvalue weighted by Crippen LogP contribution is -2.50. The number of anilines is 2. The van der Waals surface area contributed by atoms with Crippen molar-refractivity contribution in [3.8, 4) is 0 Å². The molecule has 1 amide bonds. The number of sulfonamides is 1. The van der Waals surface area contributed by atoms with Crippen LogP contribution in [0.4, 0.5) is 11.6 Å². The van der Waals surface area contributed by atoms with Gasteiger partial charge in [0.05, 0.1) is 17.0 Å². The molecular weight excluding hydrogens is 512 g/mol. The number of amides is 1. The van der Waals surface area contributed by atoms with Gasteiger partial charge >= 0.3 is 5.97 Å². The number of rotatable bonds is 10. The average Bonchev–Trinajstić information content (AvgIpc) is 2.93. The van der Waals surface area contributed by atoms with E-state index in [1.54, 1.807) is 42.7 Å². The van der Waals surface area contributed by atoms with Crippen LogP contribution in [-0.2, 0) is 14.8 Å². The number of carbonyl (C=O) groups excluding carboxylic acids is 1. The van der Waals surface area contributed by atoms with Crippen LogP contribution in [0.5, 0.6) is 0 Å². The molecule has 2 aromatic carbocycles. The number of aromatic nitrogens is 2. The van der Waals surface area contributed by atoms with Crippen LogP contribution in [-0.4, -0.2) is 78.3 Å². The molecule has 1 aliphatic heterocycles. The Labute approximate surface area is 219 Å². The van der Waals surface area contributed by atoms with Crippen LogP contribution in [0, 0.1) is 0 Å². The Bertz CT molecular complexity index is 1360. The summed E-state index contributed by atoms with van der Waals surface area (Å²) in [5.74, 6) is -1.55. The molecule has 1 aromatic heterocycles. The summed E-state index contributed by atoms with van der Waals surface area (Å²) in [6.45, 7) is 0.467. The van der Waals surface area contributed by atoms with E-state index in [1.807, 2.05) is 11.0 Å². The topological polar surface area (TPSA) is 174 Å². The summed E-state index contributed by atoms with van der Waals surface area (Å²) in [6.07, 6.45) is 3.13. The number of carboxylic acid groups (broad SMARTS) is 1. The number of aliphatic hydroxyl groups excluding tert-OH is 1. The number of piperidine rings is 1. The maximum atomic E-state index is 12.8. The summed E-state index contributed by atoms with van der Waals surface area (Å²) in [7, 11) is -4.09. The summed E-state index contributed by atoms with van der Waals surface area (Å²) in [5, 5.41) is 25.8. The standard InChI is InChI=1S/C25H28N6O6S/c32-22-16-31(13-10-20(22)29-25-26-11-5-12-27-25)18-7-4-6-17(14-18)23(33)28-15-21(24(34)35)30-38(36,37)19-8-2-1-3-9-19/h1-9,11-12,14,20-22,30,32H,10,13,15-16H2,(H,28,33)(H,34,35)(H,26,27,29)/t20?,21?,22-/m0/s1. The third kappa shape index (κ3) is 6.82. The number of carboxylic acids is 1. The fourth-order valence-corrected chi connectivity index (χ4v) is 5.26. The first-order chi connectivity index (χ1) is 18.2. The Balaban J connectivity index is 1.36. The molecule has 3 atom stereocenters. The Morgan fingerprint density at radius 1 is 1.05 bits per heavy atom. The largest absolute Gasteiger partial charge is 0.480 e. The minimum atomic E-state index is -4.09. The molecule has 3 aromatic rings. The Kier molecular flexibility index (Phi) is 8.51. The van der Waals surface area contributed by atoms with Crippen LogP contribution in [0.2, 0.25) is 0 Å². The van der Waals surface area contributed by atoms with Gasteiger partial charge in [0.2, 0.25) is 16.0 Å². The lowest BCUT2D eigenvalue weighted by Gasteiger charge is -2.37. The van der Waals surface area contributed by atoms with Gasteiger partial charge in [-0.3, -0.25) is 9.59 Å². The van der Waals surface area contributed by atoms with Gasteiger partial charge in [-0.2, -0.15) is 4.72 Å². The molecule has 13 heteroatoms. The Morgan fingerprint density at radius 2 is 1.79 bits per heavy atom. The number of nitrogens with zero attached hydrogens (tertiary/aromatic N) is 3. The maximum absolute atomic E-state index is 12.8. The third-order valence-electron chi connectivity index (χ3n) is 6.05. The minimum Gasteiger partial charge on any atom is -0.480 e. The van der Waals surface area contributed by atoms with Crippen molar-refractivity contribution < 1.29 is 28.2 Å². The highest BCUT2D eigenvalue weighted by atomic mass is 32.2. The van der Waals surface area contributed by atoms with Gasteiger partial charge in [0, 0.05) is 43.3 Å². The molecule has 1 fully saturated rings. The molecule has 2 unspecified atom stereocenters. The molecule has 0 saturated carbocycles. The highest BCUT2D eigenvalue weighted by Gasteiger charge is 2.29. The lowest BCUT2D eigenvalue weighted by atomic mass is 10.0. The molecule has 38 heavy (non-hydrogen) atoms. The molecule has 2 heterocycles. The van der Waals surface area contributed by atoms with E-state index in [9.17, 15) is 28.2 Å². The predicted molar refractivity (Wildman–Crippen MR) is 139 cm³/mol. The Morgan fingerprint density at radius 3 is 2.47 bits per heavy atom. The summed E-state index contributed by atoms with van der Waals surface area (Å²) >= 11 is 0. The van der Waals surface area contributed by atoms with Crippen LogP contribution in [0.15, 0.2) is 78.0 Å². The van der Waals surface area contributed by atoms with Crippen molar-refractivity contribution in [3.05, 3.63) is 78.6 Å². The van der Waals surface area contributed by atoms with Gasteiger partial charge in [0.15, 0.2) is 0 Å². The molecule has 0 radical (unpaired) electrons. The average molecular weight is 541 g/mol. The van der Waals surface area contributed by atoms with E-state index in [-0.39, 0.29) is 16.5 Å². The number of hydrogen-bond donors (Lipinski definition) is 5. The van der Waals surface area contributed by atoms with E-state index in [2.05, 4.69) is 25.3 Å². The highest BCUT2D eigenvalue weighted by Crippen LogP contribution is 2.23. The van der Waals surface area contributed by atoms with Gasteiger partial charge in [-0.05, 0) is 42.8 Å². The zero-order valence-corrected chi connectivity index (χ0v) is 21.1. The zero-order chi connectivity index (χ0) is 27.1. The summed E-state index contributed by atoms with van der Waals surface area (Å²) in [4.78, 5) is 34.6. The fourth-order valence-electron chi connectivity index (χ4n) is 4.05. The van der Waals surface area contributed by atoms with Gasteiger partial charge in [-0.15, -0.1) is 0 Å². The van der Waals surface area contributed by atoms with Crippen LogP contribution in [0.1, 0.15) is 16.8 Å². The van der Waals surface area contributed by atoms with Gasteiger partial charge in [0.25, 0.3) is 5.91 Å². The second-order valence-electron chi connectivity index (χ2n) is 8.71. The summed E-state index contributed by atoms with van der Waals surface area (Å²) < 4.78 is 27.1. The molecule has 5 N–H and O–H groups in total. The smallest absolute Gasteiger partial charge is 0.323 e. The second-order valence-corrected chi connectivity index (χ2v) is 10.4.